The molecule has 1 aromatic carbocycles. The molecule has 1 aliphatic carbocycles. The Balaban J connectivity index is 1.63. The highest BCUT2D eigenvalue weighted by Crippen LogP contribution is 2.38. The molecule has 0 bridgehead atoms. The van der Waals surface area contributed by atoms with E-state index in [1.807, 2.05) is 18.7 Å². The van der Waals surface area contributed by atoms with E-state index in [1.54, 1.807) is 7.11 Å². The predicted molar refractivity (Wildman–Crippen MR) is 90.9 cm³/mol. The molecule has 1 heterocycles. The molecule has 1 aromatic rings. The van der Waals surface area contributed by atoms with Crippen LogP contribution in [0.4, 0.5) is 4.79 Å². The summed E-state index contributed by atoms with van der Waals surface area (Å²) in [5.41, 5.74) is 2.85. The largest absolute Gasteiger partial charge is 0.497 e. The molecule has 3 rings (SSSR count). The maximum absolute atomic E-state index is 12.1. The lowest BCUT2D eigenvalue weighted by molar-refractivity contribution is 0.107. The van der Waals surface area contributed by atoms with Crippen LogP contribution in [0.25, 0.3) is 0 Å². The summed E-state index contributed by atoms with van der Waals surface area (Å²) in [5, 5.41) is 2.98. The molecule has 1 saturated heterocycles. The number of carbonyl (C=O) groups is 1. The van der Waals surface area contributed by atoms with Crippen LogP contribution in [0.15, 0.2) is 18.2 Å². The van der Waals surface area contributed by atoms with Gasteiger partial charge in [0, 0.05) is 38.3 Å². The number of hydrogen-bond acceptors (Lipinski definition) is 3. The monoisotopic (exact) mass is 317 g/mol. The standard InChI is InChI=1S/C18H27N3O2/c1-13(2)19-18(22)21-10-8-20(9-11-21)17-7-5-14-4-6-15(23-3)12-16(14)17/h4,6,12-13,17H,5,7-11H2,1-3H3,(H,19,22). The average molecular weight is 317 g/mol. The van der Waals surface area contributed by atoms with Crippen LogP contribution < -0.4 is 10.1 Å². The number of amides is 2. The van der Waals surface area contributed by atoms with Crippen molar-refractivity contribution in [3.8, 4) is 5.75 Å². The number of aryl methyl sites for hydroxylation is 1. The minimum absolute atomic E-state index is 0.0631. The van der Waals surface area contributed by atoms with E-state index in [0.29, 0.717) is 6.04 Å². The first-order chi connectivity index (χ1) is 11.1. The molecule has 0 saturated carbocycles. The second kappa shape index (κ2) is 6.79. The van der Waals surface area contributed by atoms with Crippen LogP contribution in [-0.2, 0) is 6.42 Å². The second-order valence-electron chi connectivity index (χ2n) is 6.75. The zero-order valence-electron chi connectivity index (χ0n) is 14.3. The van der Waals surface area contributed by atoms with Crippen LogP contribution in [0.2, 0.25) is 0 Å². The fourth-order valence-corrected chi connectivity index (χ4v) is 3.64. The van der Waals surface area contributed by atoms with Gasteiger partial charge in [-0.25, -0.2) is 4.79 Å². The highest BCUT2D eigenvalue weighted by atomic mass is 16.5. The first kappa shape index (κ1) is 16.1. The summed E-state index contributed by atoms with van der Waals surface area (Å²) in [5.74, 6) is 0.936. The Hall–Kier alpha value is -1.75. The molecule has 1 atom stereocenters. The summed E-state index contributed by atoms with van der Waals surface area (Å²) in [6.45, 7) is 7.47. The first-order valence-corrected chi connectivity index (χ1v) is 8.55. The number of urea groups is 1. The molecule has 0 spiro atoms. The Morgan fingerprint density at radius 2 is 2.00 bits per heavy atom. The SMILES string of the molecule is COc1ccc2c(c1)C(N1CCN(C(=O)NC(C)C)CC1)CC2. The summed E-state index contributed by atoms with van der Waals surface area (Å²) >= 11 is 0. The predicted octanol–water partition coefficient (Wildman–Crippen LogP) is 2.42. The van der Waals surface area contributed by atoms with Gasteiger partial charge in [0.25, 0.3) is 0 Å². The third-order valence-electron chi connectivity index (χ3n) is 4.85. The lowest BCUT2D eigenvalue weighted by Gasteiger charge is -2.38. The van der Waals surface area contributed by atoms with Crippen LogP contribution in [0, 0.1) is 0 Å². The molecule has 5 nitrogen and oxygen atoms in total. The van der Waals surface area contributed by atoms with Crippen LogP contribution in [-0.4, -0.2) is 55.2 Å². The van der Waals surface area contributed by atoms with Crippen molar-refractivity contribution in [1.29, 1.82) is 0 Å². The summed E-state index contributed by atoms with van der Waals surface area (Å²) < 4.78 is 5.38. The van der Waals surface area contributed by atoms with E-state index < -0.39 is 0 Å². The van der Waals surface area contributed by atoms with Gasteiger partial charge in [0.1, 0.15) is 5.75 Å². The lowest BCUT2D eigenvalue weighted by atomic mass is 10.1. The van der Waals surface area contributed by atoms with E-state index in [2.05, 4.69) is 28.4 Å². The number of carbonyl (C=O) groups excluding carboxylic acids is 1. The Kier molecular flexibility index (Phi) is 4.76. The molecule has 1 unspecified atom stereocenters. The maximum Gasteiger partial charge on any atom is 0.317 e. The van der Waals surface area contributed by atoms with Gasteiger partial charge in [-0.1, -0.05) is 6.07 Å². The average Bonchev–Trinajstić information content (AvgIpc) is 2.97. The van der Waals surface area contributed by atoms with Crippen LogP contribution in [0.3, 0.4) is 0 Å². The van der Waals surface area contributed by atoms with Gasteiger partial charge in [0.15, 0.2) is 0 Å². The molecular formula is C18H27N3O2. The van der Waals surface area contributed by atoms with E-state index in [0.717, 1.165) is 38.3 Å². The number of ether oxygens (including phenoxy) is 1. The van der Waals surface area contributed by atoms with Gasteiger partial charge >= 0.3 is 6.03 Å². The van der Waals surface area contributed by atoms with Gasteiger partial charge in [-0.2, -0.15) is 0 Å². The molecule has 1 aliphatic heterocycles. The highest BCUT2D eigenvalue weighted by Gasteiger charge is 2.31. The minimum Gasteiger partial charge on any atom is -0.497 e. The van der Waals surface area contributed by atoms with Gasteiger partial charge in [-0.3, -0.25) is 4.90 Å². The molecular weight excluding hydrogens is 290 g/mol. The van der Waals surface area contributed by atoms with Crippen LogP contribution in [0.1, 0.15) is 37.4 Å². The number of nitrogens with zero attached hydrogens (tertiary/aromatic N) is 2. The fourth-order valence-electron chi connectivity index (χ4n) is 3.64. The van der Waals surface area contributed by atoms with Crippen molar-refractivity contribution in [2.24, 2.45) is 0 Å². The van der Waals surface area contributed by atoms with Gasteiger partial charge in [0.05, 0.1) is 7.11 Å². The summed E-state index contributed by atoms with van der Waals surface area (Å²) in [6.07, 6.45) is 2.30. The second-order valence-corrected chi connectivity index (χ2v) is 6.75. The quantitative estimate of drug-likeness (QED) is 0.931. The van der Waals surface area contributed by atoms with Crippen molar-refractivity contribution in [2.45, 2.75) is 38.8 Å². The Morgan fingerprint density at radius 3 is 2.65 bits per heavy atom. The first-order valence-electron chi connectivity index (χ1n) is 8.55. The molecule has 126 valence electrons. The molecule has 23 heavy (non-hydrogen) atoms. The molecule has 1 fully saturated rings. The number of piperazine rings is 1. The summed E-state index contributed by atoms with van der Waals surface area (Å²) in [4.78, 5) is 16.5. The molecule has 0 radical (unpaired) electrons. The van der Waals surface area contributed by atoms with Gasteiger partial charge in [-0.05, 0) is 49.9 Å². The van der Waals surface area contributed by atoms with Crippen molar-refractivity contribution in [1.82, 2.24) is 15.1 Å². The van der Waals surface area contributed by atoms with Crippen LogP contribution in [0.5, 0.6) is 5.75 Å². The van der Waals surface area contributed by atoms with E-state index in [9.17, 15) is 4.79 Å². The normalized spacial score (nSPS) is 21.4. The number of hydrogen-bond donors (Lipinski definition) is 1. The van der Waals surface area contributed by atoms with Crippen molar-refractivity contribution in [2.75, 3.05) is 33.3 Å². The maximum atomic E-state index is 12.1. The molecule has 5 heteroatoms. The van der Waals surface area contributed by atoms with Gasteiger partial charge in [-0.15, -0.1) is 0 Å². The number of methoxy groups -OCH3 is 1. The minimum atomic E-state index is 0.0631. The summed E-state index contributed by atoms with van der Waals surface area (Å²) in [7, 11) is 1.72. The van der Waals surface area contributed by atoms with E-state index in [-0.39, 0.29) is 12.1 Å². The third kappa shape index (κ3) is 3.44. The Morgan fingerprint density at radius 1 is 1.26 bits per heavy atom. The van der Waals surface area contributed by atoms with Crippen LogP contribution >= 0.6 is 0 Å². The van der Waals surface area contributed by atoms with Crippen molar-refractivity contribution in [3.63, 3.8) is 0 Å². The highest BCUT2D eigenvalue weighted by molar-refractivity contribution is 5.74. The topological polar surface area (TPSA) is 44.8 Å². The van der Waals surface area contributed by atoms with Gasteiger partial charge in [0.2, 0.25) is 0 Å². The third-order valence-corrected chi connectivity index (χ3v) is 4.85. The molecule has 1 N–H and O–H groups in total. The smallest absolute Gasteiger partial charge is 0.317 e. The molecule has 0 aromatic heterocycles. The number of benzene rings is 1. The molecule has 2 aliphatic rings. The number of nitrogens with one attached hydrogen (secondary N) is 1. The van der Waals surface area contributed by atoms with E-state index >= 15 is 0 Å². The fraction of sp³-hybridized carbons (Fsp3) is 0.611. The lowest BCUT2D eigenvalue weighted by Crippen LogP contribution is -2.53. The van der Waals surface area contributed by atoms with E-state index in [4.69, 9.17) is 4.74 Å². The zero-order chi connectivity index (χ0) is 16.4. The van der Waals surface area contributed by atoms with E-state index in [1.165, 1.54) is 17.5 Å². The Labute approximate surface area is 138 Å². The number of fused-ring (bicyclic) bond motifs is 1. The van der Waals surface area contributed by atoms with Crippen molar-refractivity contribution in [3.05, 3.63) is 29.3 Å². The van der Waals surface area contributed by atoms with Crippen molar-refractivity contribution >= 4 is 6.03 Å². The van der Waals surface area contributed by atoms with Gasteiger partial charge < -0.3 is 15.0 Å². The molecule has 2 amide bonds. The van der Waals surface area contributed by atoms with Crippen molar-refractivity contribution < 1.29 is 9.53 Å². The Bertz CT molecular complexity index is 565. The number of rotatable bonds is 3. The summed E-state index contributed by atoms with van der Waals surface area (Å²) in [6, 6.07) is 7.15. The zero-order valence-corrected chi connectivity index (χ0v) is 14.3.